The smallest absolute Gasteiger partial charge is 0.231 e. The van der Waals surface area contributed by atoms with E-state index < -0.39 is 0 Å². The molecule has 1 fully saturated rings. The van der Waals surface area contributed by atoms with Crippen LogP contribution in [0.25, 0.3) is 0 Å². The molecule has 0 aromatic heterocycles. The van der Waals surface area contributed by atoms with Crippen LogP contribution in [-0.4, -0.2) is 38.8 Å². The minimum atomic E-state index is -0.173. The molecular formula is C20H22N2O3. The Morgan fingerprint density at radius 2 is 1.80 bits per heavy atom. The Balaban J connectivity index is 1.48. The van der Waals surface area contributed by atoms with E-state index in [4.69, 9.17) is 9.47 Å². The van der Waals surface area contributed by atoms with Crippen molar-refractivity contribution in [1.29, 1.82) is 0 Å². The number of fused-ring (bicyclic) bond motifs is 1. The summed E-state index contributed by atoms with van der Waals surface area (Å²) in [6.07, 6.45) is 0.710. The number of morpholine rings is 1. The first-order valence-corrected chi connectivity index (χ1v) is 8.74. The van der Waals surface area contributed by atoms with Crippen molar-refractivity contribution in [2.45, 2.75) is 6.42 Å². The number of ether oxygens (including phenoxy) is 2. The second-order valence-corrected chi connectivity index (χ2v) is 6.43. The van der Waals surface area contributed by atoms with Gasteiger partial charge in [-0.2, -0.15) is 0 Å². The maximum Gasteiger partial charge on any atom is 0.231 e. The number of carbonyl (C=O) groups is 1. The Hall–Kier alpha value is -2.53. The maximum atomic E-state index is 12.8. The Morgan fingerprint density at radius 1 is 1.04 bits per heavy atom. The summed E-state index contributed by atoms with van der Waals surface area (Å²) in [7, 11) is 0. The number of para-hydroxylation sites is 3. The third-order valence-electron chi connectivity index (χ3n) is 4.76. The highest BCUT2D eigenvalue weighted by Crippen LogP contribution is 2.30. The Kier molecular flexibility index (Phi) is 4.57. The number of rotatable bonds is 3. The number of hydrogen-bond acceptors (Lipinski definition) is 4. The zero-order valence-electron chi connectivity index (χ0n) is 14.1. The van der Waals surface area contributed by atoms with Crippen LogP contribution in [0.4, 0.5) is 11.4 Å². The van der Waals surface area contributed by atoms with Crippen LogP contribution in [0.3, 0.4) is 0 Å². The first kappa shape index (κ1) is 16.0. The second kappa shape index (κ2) is 7.15. The fourth-order valence-electron chi connectivity index (χ4n) is 3.39. The van der Waals surface area contributed by atoms with Gasteiger partial charge in [-0.15, -0.1) is 0 Å². The molecule has 0 bridgehead atoms. The van der Waals surface area contributed by atoms with Gasteiger partial charge in [-0.1, -0.05) is 30.3 Å². The number of nitrogens with one attached hydrogen (secondary N) is 1. The van der Waals surface area contributed by atoms with Crippen molar-refractivity contribution in [3.63, 3.8) is 0 Å². The van der Waals surface area contributed by atoms with E-state index in [1.165, 1.54) is 0 Å². The van der Waals surface area contributed by atoms with Crippen molar-refractivity contribution in [3.05, 3.63) is 54.1 Å². The SMILES string of the molecule is O=C(Nc1ccccc1N1CCOCC1)C1COc2ccccc2C1. The second-order valence-electron chi connectivity index (χ2n) is 6.43. The highest BCUT2D eigenvalue weighted by molar-refractivity contribution is 5.96. The lowest BCUT2D eigenvalue weighted by Crippen LogP contribution is -2.37. The van der Waals surface area contributed by atoms with Crippen molar-refractivity contribution in [1.82, 2.24) is 0 Å². The summed E-state index contributed by atoms with van der Waals surface area (Å²) >= 11 is 0. The van der Waals surface area contributed by atoms with Gasteiger partial charge >= 0.3 is 0 Å². The summed E-state index contributed by atoms with van der Waals surface area (Å²) in [6.45, 7) is 3.53. The van der Waals surface area contributed by atoms with Crippen molar-refractivity contribution in [2.75, 3.05) is 43.1 Å². The minimum absolute atomic E-state index is 0.00946. The number of hydrogen-bond donors (Lipinski definition) is 1. The zero-order valence-corrected chi connectivity index (χ0v) is 14.1. The molecule has 0 saturated carbocycles. The van der Waals surface area contributed by atoms with E-state index >= 15 is 0 Å². The standard InChI is InChI=1S/C20H22N2O3/c23-20(16-13-15-5-1-4-8-19(15)25-14-16)21-17-6-2-3-7-18(17)22-9-11-24-12-10-22/h1-8,16H,9-14H2,(H,21,23). The number of carbonyl (C=O) groups excluding carboxylic acids is 1. The fourth-order valence-corrected chi connectivity index (χ4v) is 3.39. The van der Waals surface area contributed by atoms with Crippen molar-refractivity contribution in [3.8, 4) is 5.75 Å². The summed E-state index contributed by atoms with van der Waals surface area (Å²) in [5, 5.41) is 3.11. The topological polar surface area (TPSA) is 50.8 Å². The summed E-state index contributed by atoms with van der Waals surface area (Å²) in [4.78, 5) is 15.0. The number of anilines is 2. The van der Waals surface area contributed by atoms with Crippen LogP contribution in [0, 0.1) is 5.92 Å². The van der Waals surface area contributed by atoms with E-state index in [2.05, 4.69) is 10.2 Å². The molecule has 2 aromatic rings. The number of benzene rings is 2. The lowest BCUT2D eigenvalue weighted by molar-refractivity contribution is -0.121. The molecule has 1 saturated heterocycles. The van der Waals surface area contributed by atoms with E-state index in [0.717, 1.165) is 49.0 Å². The quantitative estimate of drug-likeness (QED) is 0.935. The predicted molar refractivity (Wildman–Crippen MR) is 97.2 cm³/mol. The van der Waals surface area contributed by atoms with Crippen LogP contribution in [0.1, 0.15) is 5.56 Å². The van der Waals surface area contributed by atoms with Crippen LogP contribution < -0.4 is 15.0 Å². The third-order valence-corrected chi connectivity index (χ3v) is 4.76. The zero-order chi connectivity index (χ0) is 17.1. The average molecular weight is 338 g/mol. The van der Waals surface area contributed by atoms with Gasteiger partial charge in [0.2, 0.25) is 5.91 Å². The first-order chi connectivity index (χ1) is 12.3. The molecule has 1 N–H and O–H groups in total. The molecule has 5 nitrogen and oxygen atoms in total. The van der Waals surface area contributed by atoms with Gasteiger partial charge in [0.1, 0.15) is 12.4 Å². The van der Waals surface area contributed by atoms with Crippen LogP contribution >= 0.6 is 0 Å². The first-order valence-electron chi connectivity index (χ1n) is 8.74. The molecule has 1 unspecified atom stereocenters. The molecule has 1 amide bonds. The fraction of sp³-hybridized carbons (Fsp3) is 0.350. The molecule has 0 spiro atoms. The Labute approximate surface area is 147 Å². The molecule has 5 heteroatoms. The molecule has 2 aliphatic rings. The van der Waals surface area contributed by atoms with Crippen LogP contribution in [0.2, 0.25) is 0 Å². The third kappa shape index (κ3) is 3.46. The number of amides is 1. The monoisotopic (exact) mass is 338 g/mol. The van der Waals surface area contributed by atoms with E-state index in [1.54, 1.807) is 0 Å². The van der Waals surface area contributed by atoms with Crippen LogP contribution in [0.15, 0.2) is 48.5 Å². The lowest BCUT2D eigenvalue weighted by Gasteiger charge is -2.31. The molecule has 1 atom stereocenters. The van der Waals surface area contributed by atoms with E-state index in [1.807, 2.05) is 48.5 Å². The summed E-state index contributed by atoms with van der Waals surface area (Å²) in [6, 6.07) is 15.9. The van der Waals surface area contributed by atoms with Crippen molar-refractivity contribution >= 4 is 17.3 Å². The maximum absolute atomic E-state index is 12.8. The highest BCUT2D eigenvalue weighted by Gasteiger charge is 2.26. The minimum Gasteiger partial charge on any atom is -0.492 e. The van der Waals surface area contributed by atoms with Crippen LogP contribution in [-0.2, 0) is 16.0 Å². The van der Waals surface area contributed by atoms with E-state index in [9.17, 15) is 4.79 Å². The van der Waals surface area contributed by atoms with Gasteiger partial charge in [-0.25, -0.2) is 0 Å². The Morgan fingerprint density at radius 3 is 2.68 bits per heavy atom. The molecule has 2 aromatic carbocycles. The molecule has 2 heterocycles. The molecular weight excluding hydrogens is 316 g/mol. The average Bonchev–Trinajstić information content (AvgIpc) is 2.68. The number of nitrogens with zero attached hydrogens (tertiary/aromatic N) is 1. The molecule has 0 radical (unpaired) electrons. The van der Waals surface area contributed by atoms with Crippen molar-refractivity contribution in [2.24, 2.45) is 5.92 Å². The molecule has 4 rings (SSSR count). The summed E-state index contributed by atoms with van der Waals surface area (Å²) in [5.74, 6) is 0.725. The normalized spacial score (nSPS) is 19.7. The Bertz CT molecular complexity index is 756. The van der Waals surface area contributed by atoms with Gasteiger partial charge < -0.3 is 19.7 Å². The summed E-state index contributed by atoms with van der Waals surface area (Å²) < 4.78 is 11.2. The summed E-state index contributed by atoms with van der Waals surface area (Å²) in [5.41, 5.74) is 3.00. The van der Waals surface area contributed by atoms with Gasteiger partial charge in [0.05, 0.1) is 30.5 Å². The van der Waals surface area contributed by atoms with Gasteiger partial charge in [-0.3, -0.25) is 4.79 Å². The molecule has 0 aliphatic carbocycles. The van der Waals surface area contributed by atoms with E-state index in [-0.39, 0.29) is 11.8 Å². The van der Waals surface area contributed by atoms with Gasteiger partial charge in [-0.05, 0) is 30.2 Å². The van der Waals surface area contributed by atoms with Crippen LogP contribution in [0.5, 0.6) is 5.75 Å². The molecule has 2 aliphatic heterocycles. The van der Waals surface area contributed by atoms with Gasteiger partial charge in [0.25, 0.3) is 0 Å². The van der Waals surface area contributed by atoms with Gasteiger partial charge in [0, 0.05) is 13.1 Å². The molecule has 130 valence electrons. The van der Waals surface area contributed by atoms with Gasteiger partial charge in [0.15, 0.2) is 0 Å². The predicted octanol–water partition coefficient (Wildman–Crippen LogP) is 2.71. The highest BCUT2D eigenvalue weighted by atomic mass is 16.5. The largest absolute Gasteiger partial charge is 0.492 e. The molecule has 25 heavy (non-hydrogen) atoms. The lowest BCUT2D eigenvalue weighted by atomic mass is 9.96. The van der Waals surface area contributed by atoms with E-state index in [0.29, 0.717) is 13.0 Å². The van der Waals surface area contributed by atoms with Crippen molar-refractivity contribution < 1.29 is 14.3 Å².